The van der Waals surface area contributed by atoms with Gasteiger partial charge in [0.1, 0.15) is 11.3 Å². The maximum atomic E-state index is 6.05. The summed E-state index contributed by atoms with van der Waals surface area (Å²) in [6.07, 6.45) is 0. The van der Waals surface area contributed by atoms with E-state index >= 15 is 0 Å². The van der Waals surface area contributed by atoms with Crippen LogP contribution in [-0.2, 0) is 0 Å². The van der Waals surface area contributed by atoms with Crippen LogP contribution in [0.4, 0.5) is 5.82 Å². The first kappa shape index (κ1) is 13.5. The number of fused-ring (bicyclic) bond motifs is 1. The van der Waals surface area contributed by atoms with Gasteiger partial charge in [0.05, 0.1) is 0 Å². The molecule has 0 amide bonds. The Bertz CT molecular complexity index is 798. The maximum absolute atomic E-state index is 6.05. The number of H-pyrrole nitrogens is 1. The van der Waals surface area contributed by atoms with E-state index in [1.54, 1.807) is 0 Å². The Morgan fingerprint density at radius 1 is 1.00 bits per heavy atom. The summed E-state index contributed by atoms with van der Waals surface area (Å²) < 4.78 is 0. The Morgan fingerprint density at radius 2 is 1.67 bits per heavy atom. The standard InChI is InChI=1S/C15H18N6/c1-7(2)13-18-11-12(16)19-14(21-15(11)20-13)10-5-8(3)17-9(4)6-10/h5-7H,1-4H3,(H3,16,18,19,20,21). The van der Waals surface area contributed by atoms with Crippen molar-refractivity contribution in [2.45, 2.75) is 33.6 Å². The van der Waals surface area contributed by atoms with Gasteiger partial charge in [0.2, 0.25) is 0 Å². The summed E-state index contributed by atoms with van der Waals surface area (Å²) in [5.41, 5.74) is 10.1. The Labute approximate surface area is 122 Å². The average Bonchev–Trinajstić information content (AvgIpc) is 2.82. The van der Waals surface area contributed by atoms with Gasteiger partial charge >= 0.3 is 0 Å². The van der Waals surface area contributed by atoms with Gasteiger partial charge < -0.3 is 10.7 Å². The molecule has 0 saturated carbocycles. The molecule has 0 bridgehead atoms. The molecule has 0 fully saturated rings. The number of rotatable bonds is 2. The molecule has 0 aliphatic rings. The first-order valence-electron chi connectivity index (χ1n) is 6.93. The quantitative estimate of drug-likeness (QED) is 0.753. The van der Waals surface area contributed by atoms with Crippen LogP contribution in [0.1, 0.15) is 37.0 Å². The minimum absolute atomic E-state index is 0.285. The largest absolute Gasteiger partial charge is 0.382 e. The number of pyridine rings is 1. The summed E-state index contributed by atoms with van der Waals surface area (Å²) in [6.45, 7) is 8.03. The molecule has 21 heavy (non-hydrogen) atoms. The molecule has 0 unspecified atom stereocenters. The smallest absolute Gasteiger partial charge is 0.183 e. The zero-order valence-corrected chi connectivity index (χ0v) is 12.6. The number of nitrogens with zero attached hydrogens (tertiary/aromatic N) is 4. The van der Waals surface area contributed by atoms with Gasteiger partial charge in [-0.25, -0.2) is 15.0 Å². The lowest BCUT2D eigenvalue weighted by atomic mass is 10.2. The predicted molar refractivity (Wildman–Crippen MR) is 82.9 cm³/mol. The number of hydrogen-bond donors (Lipinski definition) is 2. The third-order valence-corrected chi connectivity index (χ3v) is 3.28. The number of nitrogens with one attached hydrogen (secondary N) is 1. The lowest BCUT2D eigenvalue weighted by Crippen LogP contribution is -1.98. The van der Waals surface area contributed by atoms with E-state index in [0.717, 1.165) is 22.8 Å². The Balaban J connectivity index is 2.19. The molecule has 0 aliphatic carbocycles. The van der Waals surface area contributed by atoms with E-state index in [1.165, 1.54) is 0 Å². The Hall–Kier alpha value is -2.50. The van der Waals surface area contributed by atoms with Gasteiger partial charge in [0.25, 0.3) is 0 Å². The van der Waals surface area contributed by atoms with Gasteiger partial charge in [-0.2, -0.15) is 0 Å². The van der Waals surface area contributed by atoms with Crippen molar-refractivity contribution >= 4 is 17.0 Å². The Morgan fingerprint density at radius 3 is 2.29 bits per heavy atom. The van der Waals surface area contributed by atoms with Crippen molar-refractivity contribution in [3.8, 4) is 11.4 Å². The summed E-state index contributed by atoms with van der Waals surface area (Å²) in [7, 11) is 0. The van der Waals surface area contributed by atoms with Gasteiger partial charge in [-0.05, 0) is 26.0 Å². The van der Waals surface area contributed by atoms with E-state index in [-0.39, 0.29) is 5.92 Å². The van der Waals surface area contributed by atoms with Crippen LogP contribution in [0.5, 0.6) is 0 Å². The van der Waals surface area contributed by atoms with Gasteiger partial charge in [0.15, 0.2) is 17.3 Å². The van der Waals surface area contributed by atoms with Gasteiger partial charge in [0, 0.05) is 22.9 Å². The summed E-state index contributed by atoms with van der Waals surface area (Å²) in [5.74, 6) is 2.15. The minimum Gasteiger partial charge on any atom is -0.382 e. The van der Waals surface area contributed by atoms with Crippen molar-refractivity contribution in [2.75, 3.05) is 5.73 Å². The fourth-order valence-corrected chi connectivity index (χ4v) is 2.30. The molecule has 0 atom stereocenters. The van der Waals surface area contributed by atoms with Crippen molar-refractivity contribution in [2.24, 2.45) is 0 Å². The molecule has 3 N–H and O–H groups in total. The topological polar surface area (TPSA) is 93.4 Å². The lowest BCUT2D eigenvalue weighted by molar-refractivity contribution is 0.798. The highest BCUT2D eigenvalue weighted by Gasteiger charge is 2.14. The summed E-state index contributed by atoms with van der Waals surface area (Å²) in [6, 6.07) is 3.90. The van der Waals surface area contributed by atoms with E-state index in [4.69, 9.17) is 5.73 Å². The van der Waals surface area contributed by atoms with Crippen LogP contribution in [0.25, 0.3) is 22.6 Å². The normalized spacial score (nSPS) is 11.5. The number of nitrogen functional groups attached to an aromatic ring is 1. The molecule has 3 heterocycles. The number of imidazole rings is 1. The molecule has 6 nitrogen and oxygen atoms in total. The van der Waals surface area contributed by atoms with Crippen molar-refractivity contribution in [1.29, 1.82) is 0 Å². The number of aromatic nitrogens is 5. The van der Waals surface area contributed by atoms with Crippen LogP contribution in [0, 0.1) is 13.8 Å². The summed E-state index contributed by atoms with van der Waals surface area (Å²) >= 11 is 0. The highest BCUT2D eigenvalue weighted by atomic mass is 15.1. The fraction of sp³-hybridized carbons (Fsp3) is 0.333. The van der Waals surface area contributed by atoms with E-state index in [2.05, 4.69) is 38.8 Å². The molecule has 108 valence electrons. The van der Waals surface area contributed by atoms with Crippen LogP contribution in [0.15, 0.2) is 12.1 Å². The van der Waals surface area contributed by atoms with E-state index in [9.17, 15) is 0 Å². The van der Waals surface area contributed by atoms with Crippen LogP contribution < -0.4 is 5.73 Å². The molecule has 6 heteroatoms. The van der Waals surface area contributed by atoms with Gasteiger partial charge in [-0.1, -0.05) is 13.8 Å². The molecular weight excluding hydrogens is 264 g/mol. The SMILES string of the molecule is Cc1cc(-c2nc(N)c3[nH]c(C(C)C)nc3n2)cc(C)n1. The molecule has 3 aromatic rings. The second kappa shape index (κ2) is 4.80. The van der Waals surface area contributed by atoms with E-state index < -0.39 is 0 Å². The highest BCUT2D eigenvalue weighted by molar-refractivity contribution is 5.83. The fourth-order valence-electron chi connectivity index (χ4n) is 2.30. The third-order valence-electron chi connectivity index (χ3n) is 3.28. The van der Waals surface area contributed by atoms with Crippen LogP contribution in [0.2, 0.25) is 0 Å². The summed E-state index contributed by atoms with van der Waals surface area (Å²) in [4.78, 5) is 21.0. The van der Waals surface area contributed by atoms with Crippen LogP contribution in [-0.4, -0.2) is 24.9 Å². The van der Waals surface area contributed by atoms with Crippen molar-refractivity contribution in [3.05, 3.63) is 29.3 Å². The molecule has 0 radical (unpaired) electrons. The second-order valence-electron chi connectivity index (χ2n) is 5.55. The number of aromatic amines is 1. The molecule has 3 aromatic heterocycles. The van der Waals surface area contributed by atoms with Crippen LogP contribution in [0.3, 0.4) is 0 Å². The highest BCUT2D eigenvalue weighted by Crippen LogP contribution is 2.24. The molecule has 0 saturated heterocycles. The first-order valence-corrected chi connectivity index (χ1v) is 6.93. The van der Waals surface area contributed by atoms with E-state index in [1.807, 2.05) is 26.0 Å². The number of hydrogen-bond acceptors (Lipinski definition) is 5. The minimum atomic E-state index is 0.285. The zero-order valence-electron chi connectivity index (χ0n) is 12.6. The number of nitrogens with two attached hydrogens (primary N) is 1. The van der Waals surface area contributed by atoms with Gasteiger partial charge in [-0.3, -0.25) is 4.98 Å². The average molecular weight is 282 g/mol. The van der Waals surface area contributed by atoms with Crippen molar-refractivity contribution in [3.63, 3.8) is 0 Å². The maximum Gasteiger partial charge on any atom is 0.183 e. The molecular formula is C15H18N6. The first-order chi connectivity index (χ1) is 9.94. The lowest BCUT2D eigenvalue weighted by Gasteiger charge is -2.04. The predicted octanol–water partition coefficient (Wildman–Crippen LogP) is 2.74. The molecule has 3 rings (SSSR count). The van der Waals surface area contributed by atoms with Crippen molar-refractivity contribution < 1.29 is 0 Å². The second-order valence-corrected chi connectivity index (χ2v) is 5.55. The number of anilines is 1. The van der Waals surface area contributed by atoms with Crippen LogP contribution >= 0.6 is 0 Å². The molecule has 0 aliphatic heterocycles. The zero-order chi connectivity index (χ0) is 15.1. The number of aryl methyl sites for hydroxylation is 2. The van der Waals surface area contributed by atoms with E-state index in [0.29, 0.717) is 22.8 Å². The van der Waals surface area contributed by atoms with Gasteiger partial charge in [-0.15, -0.1) is 0 Å². The monoisotopic (exact) mass is 282 g/mol. The third kappa shape index (κ3) is 2.44. The Kier molecular flexibility index (Phi) is 3.08. The molecule has 0 aromatic carbocycles. The summed E-state index contributed by atoms with van der Waals surface area (Å²) in [5, 5.41) is 0. The molecule has 0 spiro atoms. The van der Waals surface area contributed by atoms with Crippen molar-refractivity contribution in [1.82, 2.24) is 24.9 Å².